The Balaban J connectivity index is 2.11. The quantitative estimate of drug-likeness (QED) is 0.215. The summed E-state index contributed by atoms with van der Waals surface area (Å²) < 4.78 is 51.1. The molecule has 0 radical (unpaired) electrons. The van der Waals surface area contributed by atoms with Crippen LogP contribution >= 0.6 is 0 Å². The normalized spacial score (nSPS) is 12.4. The Morgan fingerprint density at radius 1 is 0.804 bits per heavy atom. The summed E-state index contributed by atoms with van der Waals surface area (Å²) in [5, 5.41) is 2.98. The van der Waals surface area contributed by atoms with Gasteiger partial charge in [-0.15, -0.1) is 0 Å². The van der Waals surface area contributed by atoms with E-state index in [4.69, 9.17) is 18.9 Å². The van der Waals surface area contributed by atoms with Gasteiger partial charge in [-0.2, -0.15) is 0 Å². The number of rotatable bonds is 17. The molecule has 1 N–H and O–H groups in total. The predicted molar refractivity (Wildman–Crippen MR) is 177 cm³/mol. The van der Waals surface area contributed by atoms with E-state index >= 15 is 0 Å². The molecular weight excluding hydrogens is 610 g/mol. The summed E-state index contributed by atoms with van der Waals surface area (Å²) in [5.41, 5.74) is 0.993. The van der Waals surface area contributed by atoms with Crippen LogP contribution in [0.2, 0.25) is 0 Å². The Morgan fingerprint density at radius 3 is 1.98 bits per heavy atom. The molecule has 2 atom stereocenters. The van der Waals surface area contributed by atoms with Gasteiger partial charge in [-0.05, 0) is 80.8 Å². The van der Waals surface area contributed by atoms with Crippen LogP contribution in [0.15, 0.2) is 71.6 Å². The van der Waals surface area contributed by atoms with Gasteiger partial charge in [0.1, 0.15) is 24.1 Å². The first-order valence-corrected chi connectivity index (χ1v) is 16.7. The van der Waals surface area contributed by atoms with Gasteiger partial charge >= 0.3 is 0 Å². The summed E-state index contributed by atoms with van der Waals surface area (Å²) in [6, 6.07) is 16.9. The maximum Gasteiger partial charge on any atom is 0.264 e. The number of carbonyl (C=O) groups is 2. The number of ether oxygens (including phenoxy) is 4. The molecule has 3 aromatic rings. The minimum Gasteiger partial charge on any atom is -0.497 e. The molecular formula is C34H45N3O8S. The summed E-state index contributed by atoms with van der Waals surface area (Å²) in [5.74, 6) is 0.902. The number of amides is 2. The van der Waals surface area contributed by atoms with E-state index in [0.717, 1.165) is 9.87 Å². The molecule has 11 nitrogen and oxygen atoms in total. The maximum atomic E-state index is 14.3. The van der Waals surface area contributed by atoms with Gasteiger partial charge in [-0.3, -0.25) is 13.9 Å². The number of carbonyl (C=O) groups excluding carboxylic acids is 2. The van der Waals surface area contributed by atoms with Gasteiger partial charge in [0, 0.05) is 18.7 Å². The van der Waals surface area contributed by atoms with Gasteiger partial charge < -0.3 is 29.2 Å². The van der Waals surface area contributed by atoms with Crippen LogP contribution in [0, 0.1) is 0 Å². The zero-order valence-corrected chi connectivity index (χ0v) is 28.4. The molecule has 2 amide bonds. The number of anilines is 1. The highest BCUT2D eigenvalue weighted by Crippen LogP contribution is 2.33. The van der Waals surface area contributed by atoms with Gasteiger partial charge in [-0.25, -0.2) is 8.42 Å². The first-order chi connectivity index (χ1) is 22.0. The van der Waals surface area contributed by atoms with Crippen molar-refractivity contribution in [3.05, 3.63) is 72.3 Å². The molecule has 12 heteroatoms. The van der Waals surface area contributed by atoms with Crippen LogP contribution in [0.5, 0.6) is 23.0 Å². The summed E-state index contributed by atoms with van der Waals surface area (Å²) in [4.78, 5) is 29.2. The number of hydrogen-bond donors (Lipinski definition) is 1. The van der Waals surface area contributed by atoms with Gasteiger partial charge in [0.05, 0.1) is 38.5 Å². The van der Waals surface area contributed by atoms with Crippen molar-refractivity contribution in [3.63, 3.8) is 0 Å². The van der Waals surface area contributed by atoms with Crippen LogP contribution in [0.25, 0.3) is 0 Å². The van der Waals surface area contributed by atoms with E-state index in [1.807, 2.05) is 39.8 Å². The van der Waals surface area contributed by atoms with Crippen molar-refractivity contribution in [2.24, 2.45) is 0 Å². The fourth-order valence-electron chi connectivity index (χ4n) is 4.80. The molecule has 0 saturated heterocycles. The molecule has 0 heterocycles. The lowest BCUT2D eigenvalue weighted by atomic mass is 10.1. The van der Waals surface area contributed by atoms with Gasteiger partial charge in [-0.1, -0.05) is 26.0 Å². The minimum atomic E-state index is -4.33. The maximum absolute atomic E-state index is 14.3. The third-order valence-corrected chi connectivity index (χ3v) is 9.33. The molecule has 0 aliphatic heterocycles. The summed E-state index contributed by atoms with van der Waals surface area (Å²) in [6.07, 6.45) is 1.03. The zero-order chi connectivity index (χ0) is 33.9. The Hall–Kier alpha value is -4.45. The molecule has 0 spiro atoms. The van der Waals surface area contributed by atoms with Crippen molar-refractivity contribution in [2.75, 3.05) is 38.8 Å². The van der Waals surface area contributed by atoms with Crippen molar-refractivity contribution in [2.45, 2.75) is 64.1 Å². The van der Waals surface area contributed by atoms with E-state index in [1.165, 1.54) is 37.3 Å². The largest absolute Gasteiger partial charge is 0.497 e. The van der Waals surface area contributed by atoms with Crippen molar-refractivity contribution in [1.29, 1.82) is 0 Å². The van der Waals surface area contributed by atoms with Gasteiger partial charge in [0.25, 0.3) is 10.0 Å². The minimum absolute atomic E-state index is 0.0722. The molecule has 0 aliphatic carbocycles. The third-order valence-electron chi connectivity index (χ3n) is 7.56. The highest BCUT2D eigenvalue weighted by atomic mass is 32.2. The third kappa shape index (κ3) is 8.84. The average Bonchev–Trinajstić information content (AvgIpc) is 3.07. The van der Waals surface area contributed by atoms with Crippen molar-refractivity contribution >= 4 is 27.5 Å². The van der Waals surface area contributed by atoms with Crippen molar-refractivity contribution < 1.29 is 37.0 Å². The molecule has 3 aromatic carbocycles. The number of nitrogens with zero attached hydrogens (tertiary/aromatic N) is 2. The fourth-order valence-corrected chi connectivity index (χ4v) is 6.23. The zero-order valence-electron chi connectivity index (χ0n) is 27.6. The standard InChI is InChI=1S/C34H45N3O8S/c1-8-24(4)35-34(39)30(9-2)36(22-25-11-15-27(42-5)16-12-25)33(38)23-37(26-13-17-28(18-14-26)45-10-3)46(40,41)29-19-20-31(43-6)32(21-29)44-7/h11-21,24,30H,8-10,22-23H2,1-7H3,(H,35,39)/t24-,30+/m0/s1. The molecule has 0 saturated carbocycles. The monoisotopic (exact) mass is 655 g/mol. The lowest BCUT2D eigenvalue weighted by Gasteiger charge is -2.33. The molecule has 0 bridgehead atoms. The first-order valence-electron chi connectivity index (χ1n) is 15.2. The van der Waals surface area contributed by atoms with Gasteiger partial charge in [0.2, 0.25) is 11.8 Å². The van der Waals surface area contributed by atoms with E-state index in [2.05, 4.69) is 5.32 Å². The molecule has 3 rings (SSSR count). The molecule has 46 heavy (non-hydrogen) atoms. The topological polar surface area (TPSA) is 124 Å². The second kappa shape index (κ2) is 16.7. The van der Waals surface area contributed by atoms with E-state index in [0.29, 0.717) is 36.7 Å². The molecule has 0 fully saturated rings. The number of methoxy groups -OCH3 is 3. The van der Waals surface area contributed by atoms with Crippen molar-refractivity contribution in [3.8, 4) is 23.0 Å². The SMILES string of the molecule is CCOc1ccc(N(CC(=O)N(Cc2ccc(OC)cc2)[C@H](CC)C(=O)N[C@@H](C)CC)S(=O)(=O)c2ccc(OC)c(OC)c2)cc1. The van der Waals surface area contributed by atoms with E-state index in [9.17, 15) is 18.0 Å². The second-order valence-electron chi connectivity index (χ2n) is 10.6. The first kappa shape index (κ1) is 36.0. The Kier molecular flexibility index (Phi) is 13.1. The van der Waals surface area contributed by atoms with Crippen LogP contribution in [0.3, 0.4) is 0 Å². The lowest BCUT2D eigenvalue weighted by Crippen LogP contribution is -2.53. The van der Waals surface area contributed by atoms with Gasteiger partial charge in [0.15, 0.2) is 11.5 Å². The summed E-state index contributed by atoms with van der Waals surface area (Å²) in [7, 11) is 0.0959. The van der Waals surface area contributed by atoms with Crippen LogP contribution < -0.4 is 28.6 Å². The average molecular weight is 656 g/mol. The van der Waals surface area contributed by atoms with Crippen LogP contribution in [0.1, 0.15) is 46.1 Å². The summed E-state index contributed by atoms with van der Waals surface area (Å²) in [6.45, 7) is 7.45. The van der Waals surface area contributed by atoms with Crippen LogP contribution in [-0.2, 0) is 26.2 Å². The lowest BCUT2D eigenvalue weighted by molar-refractivity contribution is -0.140. The molecule has 0 unspecified atom stereocenters. The number of nitrogens with one attached hydrogen (secondary N) is 1. The highest BCUT2D eigenvalue weighted by molar-refractivity contribution is 7.92. The highest BCUT2D eigenvalue weighted by Gasteiger charge is 2.34. The second-order valence-corrected chi connectivity index (χ2v) is 12.4. The van der Waals surface area contributed by atoms with E-state index in [-0.39, 0.29) is 34.8 Å². The fraction of sp³-hybridized carbons (Fsp3) is 0.412. The number of sulfonamides is 1. The summed E-state index contributed by atoms with van der Waals surface area (Å²) >= 11 is 0. The Labute approximate surface area is 272 Å². The number of benzene rings is 3. The Bertz CT molecular complexity index is 1550. The van der Waals surface area contributed by atoms with Crippen LogP contribution in [0.4, 0.5) is 5.69 Å². The Morgan fingerprint density at radius 2 is 1.43 bits per heavy atom. The molecule has 250 valence electrons. The molecule has 0 aliphatic rings. The molecule has 0 aromatic heterocycles. The predicted octanol–water partition coefficient (Wildman–Crippen LogP) is 5.03. The number of hydrogen-bond acceptors (Lipinski definition) is 8. The van der Waals surface area contributed by atoms with Crippen molar-refractivity contribution in [1.82, 2.24) is 10.2 Å². The van der Waals surface area contributed by atoms with E-state index in [1.54, 1.807) is 43.5 Å². The van der Waals surface area contributed by atoms with Crippen LogP contribution in [-0.4, -0.2) is 71.7 Å². The smallest absolute Gasteiger partial charge is 0.264 e. The van der Waals surface area contributed by atoms with E-state index < -0.39 is 28.5 Å².